The minimum Gasteiger partial charge on any atom is -0.395 e. The van der Waals surface area contributed by atoms with Gasteiger partial charge < -0.3 is 9.67 Å². The number of nitriles is 1. The normalized spacial score (nSPS) is 10.2. The molecule has 1 aromatic carbocycles. The van der Waals surface area contributed by atoms with Gasteiger partial charge in [-0.2, -0.15) is 5.26 Å². The van der Waals surface area contributed by atoms with Crippen LogP contribution in [0.5, 0.6) is 0 Å². The van der Waals surface area contributed by atoms with E-state index < -0.39 is 0 Å². The first-order valence-corrected chi connectivity index (χ1v) is 5.88. The van der Waals surface area contributed by atoms with E-state index in [0.29, 0.717) is 18.1 Å². The Labute approximate surface area is 107 Å². The predicted molar refractivity (Wildman–Crippen MR) is 67.2 cm³/mol. The van der Waals surface area contributed by atoms with Crippen molar-refractivity contribution in [2.75, 3.05) is 6.61 Å². The van der Waals surface area contributed by atoms with Crippen LogP contribution in [0, 0.1) is 11.3 Å². The average molecular weight is 292 g/mol. The lowest BCUT2D eigenvalue weighted by atomic mass is 10.2. The molecule has 1 aromatic heterocycles. The van der Waals surface area contributed by atoms with Gasteiger partial charge in [0.15, 0.2) is 5.69 Å². The molecule has 5 heteroatoms. The molecule has 0 radical (unpaired) electrons. The van der Waals surface area contributed by atoms with Crippen molar-refractivity contribution in [2.24, 2.45) is 0 Å². The molecule has 0 saturated carbocycles. The Morgan fingerprint density at radius 3 is 2.65 bits per heavy atom. The molecule has 4 nitrogen and oxygen atoms in total. The first-order valence-electron chi connectivity index (χ1n) is 5.08. The summed E-state index contributed by atoms with van der Waals surface area (Å²) in [6, 6.07) is 9.67. The van der Waals surface area contributed by atoms with Gasteiger partial charge in [0.25, 0.3) is 0 Å². The van der Waals surface area contributed by atoms with Crippen molar-refractivity contribution < 1.29 is 5.11 Å². The Morgan fingerprint density at radius 2 is 2.06 bits per heavy atom. The fourth-order valence-electron chi connectivity index (χ4n) is 1.58. The average Bonchev–Trinajstić information content (AvgIpc) is 2.74. The number of hydrogen-bond donors (Lipinski definition) is 1. The zero-order chi connectivity index (χ0) is 12.3. The maximum atomic E-state index is 8.98. The number of halogens is 1. The van der Waals surface area contributed by atoms with Crippen LogP contribution in [0.25, 0.3) is 11.4 Å². The van der Waals surface area contributed by atoms with E-state index >= 15 is 0 Å². The summed E-state index contributed by atoms with van der Waals surface area (Å²) < 4.78 is 2.77. The molecule has 0 aliphatic rings. The monoisotopic (exact) mass is 291 g/mol. The van der Waals surface area contributed by atoms with Crippen LogP contribution in [0.2, 0.25) is 0 Å². The molecular formula is C12H10BrN3O. The van der Waals surface area contributed by atoms with Gasteiger partial charge in [0.2, 0.25) is 0 Å². The van der Waals surface area contributed by atoms with Crippen LogP contribution < -0.4 is 0 Å². The van der Waals surface area contributed by atoms with E-state index in [0.717, 1.165) is 10.0 Å². The molecule has 0 spiro atoms. The maximum Gasteiger partial charge on any atom is 0.159 e. The Kier molecular flexibility index (Phi) is 3.57. The van der Waals surface area contributed by atoms with Crippen molar-refractivity contribution in [1.82, 2.24) is 9.55 Å². The van der Waals surface area contributed by atoms with E-state index in [1.165, 1.54) is 0 Å². The Balaban J connectivity index is 2.46. The van der Waals surface area contributed by atoms with Gasteiger partial charge in [0.1, 0.15) is 11.9 Å². The molecule has 2 rings (SSSR count). The van der Waals surface area contributed by atoms with Crippen LogP contribution in [-0.4, -0.2) is 21.3 Å². The molecule has 0 aliphatic heterocycles. The van der Waals surface area contributed by atoms with Crippen molar-refractivity contribution >= 4 is 15.9 Å². The molecule has 17 heavy (non-hydrogen) atoms. The smallest absolute Gasteiger partial charge is 0.159 e. The van der Waals surface area contributed by atoms with Crippen molar-refractivity contribution in [2.45, 2.75) is 6.54 Å². The molecule has 0 aliphatic carbocycles. The van der Waals surface area contributed by atoms with Crippen LogP contribution in [-0.2, 0) is 6.54 Å². The molecule has 2 aromatic rings. The highest BCUT2D eigenvalue weighted by Crippen LogP contribution is 2.21. The number of aliphatic hydroxyl groups excluding tert-OH is 1. The first-order chi connectivity index (χ1) is 8.24. The van der Waals surface area contributed by atoms with Gasteiger partial charge in [-0.3, -0.25) is 0 Å². The Hall–Kier alpha value is -1.64. The molecule has 0 unspecified atom stereocenters. The molecule has 86 valence electrons. The summed E-state index contributed by atoms with van der Waals surface area (Å²) in [5, 5.41) is 17.8. The van der Waals surface area contributed by atoms with E-state index in [4.69, 9.17) is 10.4 Å². The van der Waals surface area contributed by atoms with Crippen LogP contribution in [0.1, 0.15) is 5.69 Å². The molecule has 0 atom stereocenters. The van der Waals surface area contributed by atoms with Crippen molar-refractivity contribution in [3.05, 3.63) is 40.6 Å². The van der Waals surface area contributed by atoms with E-state index in [1.54, 1.807) is 10.8 Å². The van der Waals surface area contributed by atoms with E-state index in [9.17, 15) is 0 Å². The third-order valence-corrected chi connectivity index (χ3v) is 2.86. The Bertz CT molecular complexity index is 554. The van der Waals surface area contributed by atoms with Crippen LogP contribution in [0.3, 0.4) is 0 Å². The van der Waals surface area contributed by atoms with Crippen LogP contribution in [0.15, 0.2) is 34.9 Å². The summed E-state index contributed by atoms with van der Waals surface area (Å²) in [6.45, 7) is 0.449. The number of aromatic nitrogens is 2. The molecule has 1 heterocycles. The fraction of sp³-hybridized carbons (Fsp3) is 0.167. The highest BCUT2D eigenvalue weighted by atomic mass is 79.9. The predicted octanol–water partition coefficient (Wildman–Crippen LogP) is 2.18. The first kappa shape index (κ1) is 11.8. The largest absolute Gasteiger partial charge is 0.395 e. The van der Waals surface area contributed by atoms with Gasteiger partial charge >= 0.3 is 0 Å². The summed E-state index contributed by atoms with van der Waals surface area (Å²) in [6.07, 6.45) is 1.65. The SMILES string of the molecule is N#Cc1cn(CCO)c(-c2ccc(Br)cc2)n1. The number of rotatable bonds is 3. The number of hydrogen-bond acceptors (Lipinski definition) is 3. The van der Waals surface area contributed by atoms with Gasteiger partial charge in [-0.25, -0.2) is 4.98 Å². The van der Waals surface area contributed by atoms with Gasteiger partial charge in [0, 0.05) is 22.8 Å². The highest BCUT2D eigenvalue weighted by Gasteiger charge is 2.09. The zero-order valence-electron chi connectivity index (χ0n) is 8.97. The zero-order valence-corrected chi connectivity index (χ0v) is 10.6. The number of nitrogens with zero attached hydrogens (tertiary/aromatic N) is 3. The Morgan fingerprint density at radius 1 is 1.35 bits per heavy atom. The number of imidazole rings is 1. The van der Waals surface area contributed by atoms with Crippen molar-refractivity contribution in [1.29, 1.82) is 5.26 Å². The van der Waals surface area contributed by atoms with Gasteiger partial charge in [-0.1, -0.05) is 28.1 Å². The summed E-state index contributed by atoms with van der Waals surface area (Å²) in [5.41, 5.74) is 1.28. The summed E-state index contributed by atoms with van der Waals surface area (Å²) in [4.78, 5) is 4.22. The minimum absolute atomic E-state index is 0.0186. The summed E-state index contributed by atoms with van der Waals surface area (Å²) >= 11 is 3.37. The molecule has 0 bridgehead atoms. The lowest BCUT2D eigenvalue weighted by Gasteiger charge is -2.05. The van der Waals surface area contributed by atoms with Crippen molar-refractivity contribution in [3.63, 3.8) is 0 Å². The van der Waals surface area contributed by atoms with Crippen LogP contribution >= 0.6 is 15.9 Å². The fourth-order valence-corrected chi connectivity index (χ4v) is 1.84. The summed E-state index contributed by atoms with van der Waals surface area (Å²) in [7, 11) is 0. The topological polar surface area (TPSA) is 61.8 Å². The van der Waals surface area contributed by atoms with Gasteiger partial charge in [-0.15, -0.1) is 0 Å². The van der Waals surface area contributed by atoms with E-state index in [-0.39, 0.29) is 6.61 Å². The van der Waals surface area contributed by atoms with E-state index in [2.05, 4.69) is 20.9 Å². The third-order valence-electron chi connectivity index (χ3n) is 2.33. The quantitative estimate of drug-likeness (QED) is 0.943. The number of aliphatic hydroxyl groups is 1. The van der Waals surface area contributed by atoms with E-state index in [1.807, 2.05) is 30.3 Å². The van der Waals surface area contributed by atoms with Gasteiger partial charge in [-0.05, 0) is 12.1 Å². The maximum absolute atomic E-state index is 8.98. The standard InChI is InChI=1S/C12H10BrN3O/c13-10-3-1-9(2-4-10)12-15-11(7-14)8-16(12)5-6-17/h1-4,8,17H,5-6H2. The lowest BCUT2D eigenvalue weighted by Crippen LogP contribution is -2.02. The second-order valence-electron chi connectivity index (χ2n) is 3.49. The number of benzene rings is 1. The third kappa shape index (κ3) is 2.54. The van der Waals surface area contributed by atoms with Crippen LogP contribution in [0.4, 0.5) is 0 Å². The molecule has 0 amide bonds. The highest BCUT2D eigenvalue weighted by molar-refractivity contribution is 9.10. The molecule has 1 N–H and O–H groups in total. The lowest BCUT2D eigenvalue weighted by molar-refractivity contribution is 0.276. The molecule has 0 saturated heterocycles. The van der Waals surface area contributed by atoms with Crippen molar-refractivity contribution in [3.8, 4) is 17.5 Å². The second-order valence-corrected chi connectivity index (χ2v) is 4.40. The molecular weight excluding hydrogens is 282 g/mol. The second kappa shape index (κ2) is 5.13. The van der Waals surface area contributed by atoms with Gasteiger partial charge in [0.05, 0.1) is 6.61 Å². The molecule has 0 fully saturated rings. The summed E-state index contributed by atoms with van der Waals surface area (Å²) in [5.74, 6) is 0.697. The minimum atomic E-state index is 0.0186.